The van der Waals surface area contributed by atoms with Crippen molar-refractivity contribution < 1.29 is 18.3 Å². The number of carbonyl (C=O) groups is 1. The standard InChI is InChI=1S/C30H28F2N8O3S/c1-38-9-11-39(12-10-38)19-7-8-40(27(41)13-19)25-15-20(21-14-23(28(31)32)33-17-24(21)43-2)22(16-34-25)29(42)35-30-37-36-26(44-30)6-5-18-3-4-18/h7-8,13-18,28H,3-4,9-12H2,1-2H3,(H,35,37,42). The number of piperazine rings is 1. The van der Waals surface area contributed by atoms with Gasteiger partial charge in [-0.3, -0.25) is 24.5 Å². The Bertz CT molecular complexity index is 1820. The zero-order valence-electron chi connectivity index (χ0n) is 24.0. The Labute approximate surface area is 255 Å². The first kappa shape index (κ1) is 29.3. The number of likely N-dealkylation sites (N-methyl/N-ethyl adjacent to an activating group) is 1. The molecule has 5 heterocycles. The molecule has 0 bridgehead atoms. The van der Waals surface area contributed by atoms with Gasteiger partial charge in [-0.2, -0.15) is 0 Å². The lowest BCUT2D eigenvalue weighted by molar-refractivity contribution is 0.102. The number of alkyl halides is 2. The first-order valence-electron chi connectivity index (χ1n) is 13.9. The van der Waals surface area contributed by atoms with Crippen LogP contribution >= 0.6 is 11.3 Å². The average molecular weight is 619 g/mol. The van der Waals surface area contributed by atoms with Crippen molar-refractivity contribution in [2.45, 2.75) is 19.3 Å². The second-order valence-electron chi connectivity index (χ2n) is 10.5. The number of rotatable bonds is 7. The van der Waals surface area contributed by atoms with Gasteiger partial charge < -0.3 is 14.5 Å². The van der Waals surface area contributed by atoms with E-state index in [0.717, 1.165) is 62.1 Å². The van der Waals surface area contributed by atoms with Crippen LogP contribution in [0.3, 0.4) is 0 Å². The summed E-state index contributed by atoms with van der Waals surface area (Å²) in [5, 5.41) is 11.4. The van der Waals surface area contributed by atoms with Crippen molar-refractivity contribution in [3.63, 3.8) is 0 Å². The number of pyridine rings is 3. The van der Waals surface area contributed by atoms with Crippen molar-refractivity contribution in [2.24, 2.45) is 5.92 Å². The quantitative estimate of drug-likeness (QED) is 0.308. The Kier molecular flexibility index (Phi) is 8.32. The molecule has 4 aromatic heterocycles. The molecule has 0 spiro atoms. The number of ether oxygens (including phenoxy) is 1. The largest absolute Gasteiger partial charge is 0.494 e. The number of aromatic nitrogens is 5. The number of halogens is 2. The lowest BCUT2D eigenvalue weighted by Gasteiger charge is -2.34. The highest BCUT2D eigenvalue weighted by atomic mass is 32.1. The Balaban J connectivity index is 1.38. The topological polar surface area (TPSA) is 118 Å². The van der Waals surface area contributed by atoms with Gasteiger partial charge in [0.25, 0.3) is 17.9 Å². The molecule has 0 unspecified atom stereocenters. The van der Waals surface area contributed by atoms with Crippen molar-refractivity contribution >= 4 is 28.1 Å². The fraction of sp³-hybridized carbons (Fsp3) is 0.333. The van der Waals surface area contributed by atoms with Gasteiger partial charge >= 0.3 is 0 Å². The van der Waals surface area contributed by atoms with E-state index in [4.69, 9.17) is 4.74 Å². The van der Waals surface area contributed by atoms with Crippen molar-refractivity contribution in [1.29, 1.82) is 0 Å². The maximum Gasteiger partial charge on any atom is 0.280 e. The molecular formula is C30H28F2N8O3S. The Morgan fingerprint density at radius 3 is 2.59 bits per heavy atom. The highest BCUT2D eigenvalue weighted by Crippen LogP contribution is 2.35. The van der Waals surface area contributed by atoms with Crippen LogP contribution in [-0.2, 0) is 0 Å². The highest BCUT2D eigenvalue weighted by Gasteiger charge is 2.23. The minimum Gasteiger partial charge on any atom is -0.494 e. The first-order chi connectivity index (χ1) is 21.3. The van der Waals surface area contributed by atoms with E-state index >= 15 is 0 Å². The maximum atomic E-state index is 13.7. The zero-order valence-corrected chi connectivity index (χ0v) is 24.8. The molecule has 6 rings (SSSR count). The summed E-state index contributed by atoms with van der Waals surface area (Å²) >= 11 is 1.12. The molecule has 4 aromatic rings. The van der Waals surface area contributed by atoms with E-state index < -0.39 is 18.0 Å². The molecule has 14 heteroatoms. The molecule has 0 atom stereocenters. The summed E-state index contributed by atoms with van der Waals surface area (Å²) < 4.78 is 34.2. The Hall–Kier alpha value is -4.74. The summed E-state index contributed by atoms with van der Waals surface area (Å²) in [6.45, 7) is 3.36. The van der Waals surface area contributed by atoms with E-state index in [-0.39, 0.29) is 38.9 Å². The normalized spacial score (nSPS) is 15.2. The Morgan fingerprint density at radius 1 is 1.09 bits per heavy atom. The van der Waals surface area contributed by atoms with Gasteiger partial charge in [0.05, 0.1) is 18.9 Å². The Morgan fingerprint density at radius 2 is 1.89 bits per heavy atom. The summed E-state index contributed by atoms with van der Waals surface area (Å²) in [5.41, 5.74) is 0.402. The predicted molar refractivity (Wildman–Crippen MR) is 162 cm³/mol. The summed E-state index contributed by atoms with van der Waals surface area (Å²) in [7, 11) is 3.43. The molecule has 1 N–H and O–H groups in total. The minimum absolute atomic E-state index is 0.0430. The highest BCUT2D eigenvalue weighted by molar-refractivity contribution is 7.15. The molecule has 11 nitrogen and oxygen atoms in total. The van der Waals surface area contributed by atoms with Crippen LogP contribution in [0.25, 0.3) is 16.9 Å². The second-order valence-corrected chi connectivity index (χ2v) is 11.5. The SMILES string of the molecule is COc1cnc(C(F)F)cc1-c1cc(-n2ccc(N3CCN(C)CC3)cc2=O)ncc1C(=O)Nc1nnc(C#CC2CC2)s1. The monoisotopic (exact) mass is 618 g/mol. The van der Waals surface area contributed by atoms with Crippen LogP contribution in [0.1, 0.15) is 40.3 Å². The van der Waals surface area contributed by atoms with Crippen molar-refractivity contribution in [1.82, 2.24) is 29.6 Å². The molecule has 2 fully saturated rings. The maximum absolute atomic E-state index is 13.7. The number of methoxy groups -OCH3 is 1. The van der Waals surface area contributed by atoms with Gasteiger partial charge in [-0.25, -0.2) is 13.8 Å². The molecule has 44 heavy (non-hydrogen) atoms. The van der Waals surface area contributed by atoms with Gasteiger partial charge in [0.1, 0.15) is 17.3 Å². The molecule has 226 valence electrons. The molecule has 1 amide bonds. The molecule has 1 aliphatic carbocycles. The second kappa shape index (κ2) is 12.5. The van der Waals surface area contributed by atoms with E-state index in [1.165, 1.54) is 36.2 Å². The predicted octanol–water partition coefficient (Wildman–Crippen LogP) is 3.86. The van der Waals surface area contributed by atoms with Crippen LogP contribution in [0, 0.1) is 17.8 Å². The summed E-state index contributed by atoms with van der Waals surface area (Å²) in [6.07, 6.45) is 3.35. The van der Waals surface area contributed by atoms with Crippen LogP contribution in [0.15, 0.2) is 47.7 Å². The smallest absolute Gasteiger partial charge is 0.280 e. The number of nitrogens with zero attached hydrogens (tertiary/aromatic N) is 7. The zero-order chi connectivity index (χ0) is 30.8. The number of hydrogen-bond donors (Lipinski definition) is 1. The average Bonchev–Trinajstić information content (AvgIpc) is 3.76. The number of carbonyl (C=O) groups excluding carboxylic acids is 1. The van der Waals surface area contributed by atoms with E-state index in [2.05, 4.69) is 54.2 Å². The van der Waals surface area contributed by atoms with Crippen LogP contribution in [0.2, 0.25) is 0 Å². The van der Waals surface area contributed by atoms with Gasteiger partial charge in [-0.05, 0) is 44.0 Å². The summed E-state index contributed by atoms with van der Waals surface area (Å²) in [5.74, 6) is 6.20. The van der Waals surface area contributed by atoms with E-state index in [0.29, 0.717) is 10.9 Å². The fourth-order valence-corrected chi connectivity index (χ4v) is 5.33. The fourth-order valence-electron chi connectivity index (χ4n) is 4.73. The molecule has 1 saturated carbocycles. The molecule has 0 radical (unpaired) electrons. The van der Waals surface area contributed by atoms with Crippen LogP contribution < -0.4 is 20.5 Å². The lowest BCUT2D eigenvalue weighted by atomic mass is 10.00. The van der Waals surface area contributed by atoms with Crippen molar-refractivity contribution in [2.75, 3.05) is 50.6 Å². The van der Waals surface area contributed by atoms with Crippen LogP contribution in [0.5, 0.6) is 5.75 Å². The third-order valence-corrected chi connectivity index (χ3v) is 8.13. The van der Waals surface area contributed by atoms with E-state index in [1.54, 1.807) is 6.20 Å². The number of anilines is 2. The third-order valence-electron chi connectivity index (χ3n) is 7.38. The van der Waals surface area contributed by atoms with Gasteiger partial charge in [-0.15, -0.1) is 10.2 Å². The third kappa shape index (κ3) is 6.43. The van der Waals surface area contributed by atoms with Crippen molar-refractivity contribution in [3.8, 4) is 34.5 Å². The summed E-state index contributed by atoms with van der Waals surface area (Å²) in [6, 6.07) is 6.02. The van der Waals surface area contributed by atoms with Gasteiger partial charge in [-0.1, -0.05) is 17.3 Å². The van der Waals surface area contributed by atoms with Gasteiger partial charge in [0.2, 0.25) is 5.13 Å². The summed E-state index contributed by atoms with van der Waals surface area (Å²) in [4.78, 5) is 39.4. The molecular weight excluding hydrogens is 590 g/mol. The van der Waals surface area contributed by atoms with E-state index in [1.807, 2.05) is 6.07 Å². The number of nitrogens with one attached hydrogen (secondary N) is 1. The number of amides is 1. The van der Waals surface area contributed by atoms with Gasteiger partial charge in [0.15, 0.2) is 5.01 Å². The first-order valence-corrected chi connectivity index (χ1v) is 14.8. The number of hydrogen-bond acceptors (Lipinski definition) is 10. The van der Waals surface area contributed by atoms with Crippen molar-refractivity contribution in [3.05, 3.63) is 69.5 Å². The molecule has 1 saturated heterocycles. The molecule has 2 aliphatic rings. The van der Waals surface area contributed by atoms with E-state index in [9.17, 15) is 18.4 Å². The molecule has 1 aliphatic heterocycles. The van der Waals surface area contributed by atoms with Crippen LogP contribution in [-0.4, -0.2) is 75.9 Å². The van der Waals surface area contributed by atoms with Crippen LogP contribution in [0.4, 0.5) is 19.6 Å². The van der Waals surface area contributed by atoms with Gasteiger partial charge in [0, 0.05) is 67.4 Å². The lowest BCUT2D eigenvalue weighted by Crippen LogP contribution is -2.44. The minimum atomic E-state index is -2.86. The molecule has 0 aromatic carbocycles.